The van der Waals surface area contributed by atoms with Crippen LogP contribution in [-0.2, 0) is 21.2 Å². The Balaban J connectivity index is 1.42. The van der Waals surface area contributed by atoms with Gasteiger partial charge in [-0.05, 0) is 66.4 Å². The number of sulfonamides is 1. The van der Waals surface area contributed by atoms with E-state index in [9.17, 15) is 22.4 Å². The Morgan fingerprint density at radius 3 is 2.56 bits per heavy atom. The van der Waals surface area contributed by atoms with Crippen LogP contribution in [-0.4, -0.2) is 39.6 Å². The first-order chi connectivity index (χ1) is 15.2. The second-order valence-corrected chi connectivity index (χ2v) is 10.4. The predicted molar refractivity (Wildman–Crippen MR) is 121 cm³/mol. The number of anilines is 1. The van der Waals surface area contributed by atoms with Gasteiger partial charge in [0.2, 0.25) is 10.0 Å². The van der Waals surface area contributed by atoms with Crippen molar-refractivity contribution >= 4 is 38.8 Å². The van der Waals surface area contributed by atoms with Crippen LogP contribution in [0.2, 0.25) is 0 Å². The topological polar surface area (TPSA) is 80.8 Å². The van der Waals surface area contributed by atoms with Crippen LogP contribution >= 0.6 is 11.3 Å². The Labute approximate surface area is 189 Å². The fraction of sp³-hybridized carbons (Fsp3) is 0.217. The summed E-state index contributed by atoms with van der Waals surface area (Å²) >= 11 is 1.20. The summed E-state index contributed by atoms with van der Waals surface area (Å²) in [5, 5.41) is 0. The summed E-state index contributed by atoms with van der Waals surface area (Å²) in [5.41, 5.74) is 2.51. The first kappa shape index (κ1) is 22.2. The third-order valence-corrected chi connectivity index (χ3v) is 7.44. The van der Waals surface area contributed by atoms with Crippen LogP contribution < -0.4 is 4.31 Å². The molecule has 0 bridgehead atoms. The number of Topliss-reactive ketones (excluding diaryl/α,β-unsaturated/α-hetero) is 1. The molecule has 3 aromatic rings. The molecular formula is C23H20FNO5S2. The van der Waals surface area contributed by atoms with Crippen LogP contribution in [0.25, 0.3) is 10.4 Å². The molecule has 0 unspecified atom stereocenters. The fourth-order valence-corrected chi connectivity index (χ4v) is 5.48. The summed E-state index contributed by atoms with van der Waals surface area (Å²) in [6.07, 6.45) is 2.50. The van der Waals surface area contributed by atoms with E-state index in [-0.39, 0.29) is 11.6 Å². The van der Waals surface area contributed by atoms with E-state index in [1.54, 1.807) is 42.5 Å². The maximum Gasteiger partial charge on any atom is 0.348 e. The van der Waals surface area contributed by atoms with Gasteiger partial charge in [-0.15, -0.1) is 11.3 Å². The van der Waals surface area contributed by atoms with Gasteiger partial charge in [0, 0.05) is 17.0 Å². The molecule has 32 heavy (non-hydrogen) atoms. The molecule has 0 amide bonds. The van der Waals surface area contributed by atoms with Crippen molar-refractivity contribution in [3.63, 3.8) is 0 Å². The molecular weight excluding hydrogens is 453 g/mol. The molecule has 9 heteroatoms. The van der Waals surface area contributed by atoms with Crippen LogP contribution in [0, 0.1) is 5.82 Å². The van der Waals surface area contributed by atoms with E-state index in [1.807, 2.05) is 0 Å². The summed E-state index contributed by atoms with van der Waals surface area (Å²) in [4.78, 5) is 26.1. The second kappa shape index (κ2) is 8.84. The maximum absolute atomic E-state index is 13.1. The average Bonchev–Trinajstić information content (AvgIpc) is 3.26. The molecule has 2 heterocycles. The summed E-state index contributed by atoms with van der Waals surface area (Å²) < 4.78 is 43.6. The van der Waals surface area contributed by atoms with Gasteiger partial charge in [0.1, 0.15) is 10.7 Å². The molecule has 0 aliphatic carbocycles. The molecule has 0 atom stereocenters. The predicted octanol–water partition coefficient (Wildman–Crippen LogP) is 4.31. The Bertz CT molecular complexity index is 1280. The van der Waals surface area contributed by atoms with Crippen molar-refractivity contribution in [1.82, 2.24) is 0 Å². The Morgan fingerprint density at radius 2 is 1.84 bits per heavy atom. The van der Waals surface area contributed by atoms with Crippen LogP contribution in [0.5, 0.6) is 0 Å². The van der Waals surface area contributed by atoms with Crippen LogP contribution in [0.15, 0.2) is 54.6 Å². The maximum atomic E-state index is 13.1. The molecule has 0 saturated carbocycles. The number of ketones is 1. The highest BCUT2D eigenvalue weighted by Gasteiger charge is 2.25. The first-order valence-corrected chi connectivity index (χ1v) is 12.6. The highest BCUT2D eigenvalue weighted by Crippen LogP contribution is 2.31. The van der Waals surface area contributed by atoms with Crippen molar-refractivity contribution in [2.45, 2.75) is 12.8 Å². The molecule has 2 aromatic carbocycles. The lowest BCUT2D eigenvalue weighted by atomic mass is 9.99. The van der Waals surface area contributed by atoms with E-state index in [1.165, 1.54) is 27.8 Å². The summed E-state index contributed by atoms with van der Waals surface area (Å²) in [6.45, 7) is -0.00530. The van der Waals surface area contributed by atoms with Gasteiger partial charge < -0.3 is 4.74 Å². The van der Waals surface area contributed by atoms with Crippen LogP contribution in [0.1, 0.15) is 32.0 Å². The summed E-state index contributed by atoms with van der Waals surface area (Å²) in [5.74, 6) is -1.32. The van der Waals surface area contributed by atoms with Crippen molar-refractivity contribution in [3.8, 4) is 10.4 Å². The molecule has 1 aliphatic heterocycles. The van der Waals surface area contributed by atoms with Gasteiger partial charge in [0.05, 0.1) is 11.9 Å². The molecule has 0 spiro atoms. The van der Waals surface area contributed by atoms with Crippen molar-refractivity contribution in [2.24, 2.45) is 0 Å². The molecule has 166 valence electrons. The number of benzene rings is 2. The molecule has 0 fully saturated rings. The average molecular weight is 474 g/mol. The number of hydrogen-bond acceptors (Lipinski definition) is 6. The molecule has 0 N–H and O–H groups in total. The number of ether oxygens (including phenoxy) is 1. The van der Waals surface area contributed by atoms with Crippen molar-refractivity contribution in [3.05, 3.63) is 76.4 Å². The van der Waals surface area contributed by atoms with Crippen molar-refractivity contribution in [1.29, 1.82) is 0 Å². The van der Waals surface area contributed by atoms with E-state index < -0.39 is 22.6 Å². The molecule has 1 aliphatic rings. The van der Waals surface area contributed by atoms with Gasteiger partial charge in [0.15, 0.2) is 12.4 Å². The lowest BCUT2D eigenvalue weighted by molar-refractivity contribution is 0.0479. The van der Waals surface area contributed by atoms with Crippen LogP contribution in [0.4, 0.5) is 10.1 Å². The third kappa shape index (κ3) is 4.73. The number of esters is 1. The number of thiophene rings is 1. The number of carbonyl (C=O) groups is 2. The first-order valence-electron chi connectivity index (χ1n) is 9.89. The smallest absolute Gasteiger partial charge is 0.348 e. The van der Waals surface area contributed by atoms with Gasteiger partial charge in [-0.3, -0.25) is 9.10 Å². The number of rotatable bonds is 6. The van der Waals surface area contributed by atoms with E-state index in [4.69, 9.17) is 4.74 Å². The monoisotopic (exact) mass is 473 g/mol. The number of carbonyl (C=O) groups excluding carboxylic acids is 2. The van der Waals surface area contributed by atoms with Crippen molar-refractivity contribution < 1.29 is 27.1 Å². The van der Waals surface area contributed by atoms with Gasteiger partial charge in [-0.25, -0.2) is 17.6 Å². The number of aryl methyl sites for hydroxylation is 1. The normalized spacial score (nSPS) is 13.5. The van der Waals surface area contributed by atoms with E-state index in [0.29, 0.717) is 35.5 Å². The lowest BCUT2D eigenvalue weighted by Gasteiger charge is -2.29. The quantitative estimate of drug-likeness (QED) is 0.394. The Kier molecular flexibility index (Phi) is 6.12. The lowest BCUT2D eigenvalue weighted by Crippen LogP contribution is -2.34. The zero-order chi connectivity index (χ0) is 22.9. The molecule has 1 aromatic heterocycles. The highest BCUT2D eigenvalue weighted by molar-refractivity contribution is 7.92. The largest absolute Gasteiger partial charge is 0.453 e. The van der Waals surface area contributed by atoms with Gasteiger partial charge in [-0.2, -0.15) is 0 Å². The SMILES string of the molecule is CS(=O)(=O)N1CCCc2cc(C(=O)COC(=O)c3ccc(-c4ccc(F)cc4)s3)ccc21. The number of halogens is 1. The van der Waals surface area contributed by atoms with E-state index in [2.05, 4.69) is 0 Å². The Morgan fingerprint density at radius 1 is 1.09 bits per heavy atom. The second-order valence-electron chi connectivity index (χ2n) is 7.45. The number of hydrogen-bond donors (Lipinski definition) is 0. The van der Waals surface area contributed by atoms with Crippen LogP contribution in [0.3, 0.4) is 0 Å². The minimum Gasteiger partial charge on any atom is -0.453 e. The third-order valence-electron chi connectivity index (χ3n) is 5.15. The van der Waals surface area contributed by atoms with Crippen molar-refractivity contribution in [2.75, 3.05) is 23.7 Å². The molecule has 0 radical (unpaired) electrons. The molecule has 6 nitrogen and oxygen atoms in total. The fourth-order valence-electron chi connectivity index (χ4n) is 3.58. The van der Waals surface area contributed by atoms with Gasteiger partial charge in [-0.1, -0.05) is 12.1 Å². The zero-order valence-electron chi connectivity index (χ0n) is 17.2. The van der Waals surface area contributed by atoms with Gasteiger partial charge in [0.25, 0.3) is 0 Å². The Hall–Kier alpha value is -3.04. The highest BCUT2D eigenvalue weighted by atomic mass is 32.2. The summed E-state index contributed by atoms with van der Waals surface area (Å²) in [7, 11) is -3.38. The van der Waals surface area contributed by atoms with E-state index in [0.717, 1.165) is 22.3 Å². The minimum atomic E-state index is -3.38. The standard InChI is InChI=1S/C23H20FNO5S2/c1-32(28,29)25-12-2-3-16-13-17(6-9-19(16)25)20(26)14-30-23(27)22-11-10-21(31-22)15-4-7-18(24)8-5-15/h4-11,13H,2-3,12,14H2,1H3. The van der Waals surface area contributed by atoms with Gasteiger partial charge >= 0.3 is 5.97 Å². The number of nitrogens with zero attached hydrogens (tertiary/aromatic N) is 1. The number of fused-ring (bicyclic) bond motifs is 1. The molecule has 0 saturated heterocycles. The zero-order valence-corrected chi connectivity index (χ0v) is 18.8. The molecule has 4 rings (SSSR count). The van der Waals surface area contributed by atoms with E-state index >= 15 is 0 Å². The summed E-state index contributed by atoms with van der Waals surface area (Å²) in [6, 6.07) is 14.1. The minimum absolute atomic E-state index is 0.338.